The summed E-state index contributed by atoms with van der Waals surface area (Å²) < 4.78 is 24.2. The number of hydrogen-bond acceptors (Lipinski definition) is 4. The van der Waals surface area contributed by atoms with Gasteiger partial charge >= 0.3 is 0 Å². The van der Waals surface area contributed by atoms with E-state index in [1.54, 1.807) is 24.0 Å². The summed E-state index contributed by atoms with van der Waals surface area (Å²) in [6.45, 7) is 1.66. The number of rotatable bonds is 2. The van der Waals surface area contributed by atoms with Crippen LogP contribution in [0.5, 0.6) is 0 Å². The molecule has 1 aromatic rings. The largest absolute Gasteiger partial charge is 0.389 e. The van der Waals surface area contributed by atoms with Crippen molar-refractivity contribution in [1.29, 1.82) is 0 Å². The van der Waals surface area contributed by atoms with Crippen LogP contribution in [0.4, 0.5) is 0 Å². The Morgan fingerprint density at radius 2 is 2.40 bits per heavy atom. The Kier molecular flexibility index (Phi) is 2.56. The maximum atomic E-state index is 11.3. The Labute approximate surface area is 88.6 Å². The summed E-state index contributed by atoms with van der Waals surface area (Å²) >= 11 is 0. The van der Waals surface area contributed by atoms with Crippen molar-refractivity contribution >= 4 is 9.84 Å². The lowest BCUT2D eigenvalue weighted by atomic mass is 10.2. The molecule has 0 aliphatic carbocycles. The first-order chi connectivity index (χ1) is 6.98. The third-order valence-corrected chi connectivity index (χ3v) is 4.44. The Morgan fingerprint density at radius 1 is 1.67 bits per heavy atom. The summed E-state index contributed by atoms with van der Waals surface area (Å²) in [4.78, 5) is 0. The molecule has 84 valence electrons. The third-order valence-electron chi connectivity index (χ3n) is 2.69. The second-order valence-electron chi connectivity index (χ2n) is 3.99. The minimum Gasteiger partial charge on any atom is -0.389 e. The summed E-state index contributed by atoms with van der Waals surface area (Å²) in [6, 6.07) is -0.0671. The van der Waals surface area contributed by atoms with Gasteiger partial charge in [-0.15, -0.1) is 0 Å². The van der Waals surface area contributed by atoms with Gasteiger partial charge in [0, 0.05) is 11.8 Å². The summed E-state index contributed by atoms with van der Waals surface area (Å²) in [5.41, 5.74) is 0.722. The molecule has 0 aromatic carbocycles. The Morgan fingerprint density at radius 3 is 2.87 bits per heavy atom. The first kappa shape index (κ1) is 10.6. The minimum absolute atomic E-state index is 0.0671. The van der Waals surface area contributed by atoms with Gasteiger partial charge in [-0.1, -0.05) is 0 Å². The zero-order chi connectivity index (χ0) is 11.1. The molecule has 2 rings (SSSR count). The van der Waals surface area contributed by atoms with Gasteiger partial charge in [-0.25, -0.2) is 8.42 Å². The number of sulfone groups is 1. The van der Waals surface area contributed by atoms with Gasteiger partial charge in [0.15, 0.2) is 9.84 Å². The monoisotopic (exact) mass is 230 g/mol. The van der Waals surface area contributed by atoms with E-state index in [9.17, 15) is 13.5 Å². The molecular weight excluding hydrogens is 216 g/mol. The van der Waals surface area contributed by atoms with Crippen LogP contribution in [0.3, 0.4) is 0 Å². The van der Waals surface area contributed by atoms with Crippen LogP contribution >= 0.6 is 0 Å². The van der Waals surface area contributed by atoms with Gasteiger partial charge in [0.1, 0.15) is 0 Å². The van der Waals surface area contributed by atoms with Gasteiger partial charge in [-0.05, 0) is 13.3 Å². The third kappa shape index (κ3) is 2.21. The molecule has 2 atom stereocenters. The van der Waals surface area contributed by atoms with Crippen molar-refractivity contribution in [3.63, 3.8) is 0 Å². The molecule has 0 amide bonds. The molecule has 15 heavy (non-hydrogen) atoms. The molecule has 1 saturated heterocycles. The lowest BCUT2D eigenvalue weighted by molar-refractivity contribution is 0.199. The molecule has 0 bridgehead atoms. The van der Waals surface area contributed by atoms with Crippen molar-refractivity contribution in [2.75, 3.05) is 11.5 Å². The highest BCUT2D eigenvalue weighted by Gasteiger charge is 2.29. The van der Waals surface area contributed by atoms with Crippen LogP contribution in [0.15, 0.2) is 12.4 Å². The van der Waals surface area contributed by atoms with E-state index >= 15 is 0 Å². The van der Waals surface area contributed by atoms with Gasteiger partial charge in [0.25, 0.3) is 0 Å². The average molecular weight is 230 g/mol. The lowest BCUT2D eigenvalue weighted by Crippen LogP contribution is -2.11. The van der Waals surface area contributed by atoms with Crippen LogP contribution in [0, 0.1) is 0 Å². The quantitative estimate of drug-likeness (QED) is 0.793. The molecule has 5 nitrogen and oxygen atoms in total. The smallest absolute Gasteiger partial charge is 0.152 e. The Bertz CT molecular complexity index is 450. The van der Waals surface area contributed by atoms with Gasteiger partial charge in [0.2, 0.25) is 0 Å². The van der Waals surface area contributed by atoms with E-state index in [1.165, 1.54) is 0 Å². The van der Waals surface area contributed by atoms with E-state index in [0.29, 0.717) is 6.42 Å². The number of aliphatic hydroxyl groups is 1. The fourth-order valence-electron chi connectivity index (χ4n) is 1.75. The van der Waals surface area contributed by atoms with Crippen molar-refractivity contribution in [2.45, 2.75) is 25.5 Å². The molecule has 2 heterocycles. The fourth-order valence-corrected chi connectivity index (χ4v) is 3.46. The highest BCUT2D eigenvalue weighted by molar-refractivity contribution is 7.91. The molecule has 1 aliphatic heterocycles. The van der Waals surface area contributed by atoms with Gasteiger partial charge in [-0.2, -0.15) is 5.10 Å². The predicted octanol–water partition coefficient (Wildman–Crippen LogP) is 0.296. The maximum absolute atomic E-state index is 11.3. The van der Waals surface area contributed by atoms with Crippen LogP contribution in [-0.4, -0.2) is 34.8 Å². The van der Waals surface area contributed by atoms with Crippen LogP contribution in [0.1, 0.15) is 31.1 Å². The van der Waals surface area contributed by atoms with Gasteiger partial charge < -0.3 is 5.11 Å². The van der Waals surface area contributed by atoms with Crippen molar-refractivity contribution in [2.24, 2.45) is 0 Å². The van der Waals surface area contributed by atoms with Crippen molar-refractivity contribution < 1.29 is 13.5 Å². The van der Waals surface area contributed by atoms with Crippen LogP contribution in [-0.2, 0) is 9.84 Å². The molecule has 0 saturated carbocycles. The number of hydrogen-bond donors (Lipinski definition) is 1. The van der Waals surface area contributed by atoms with E-state index in [0.717, 1.165) is 5.56 Å². The molecular formula is C9H14N2O3S. The second-order valence-corrected chi connectivity index (χ2v) is 6.22. The number of aliphatic hydroxyl groups excluding tert-OH is 1. The van der Waals surface area contributed by atoms with Crippen LogP contribution in [0.2, 0.25) is 0 Å². The highest BCUT2D eigenvalue weighted by Crippen LogP contribution is 2.24. The fraction of sp³-hybridized carbons (Fsp3) is 0.667. The Hall–Kier alpha value is -0.880. The average Bonchev–Trinajstić information content (AvgIpc) is 2.70. The standard InChI is InChI=1S/C9H14N2O3S/c1-7(12)8-4-10-11(5-8)9-2-3-15(13,14)6-9/h4-5,7,9,12H,2-3,6H2,1H3. The number of aromatic nitrogens is 2. The summed E-state index contributed by atoms with van der Waals surface area (Å²) in [5, 5.41) is 13.4. The molecule has 2 unspecified atom stereocenters. The van der Waals surface area contributed by atoms with E-state index in [2.05, 4.69) is 5.10 Å². The molecule has 1 fully saturated rings. The zero-order valence-electron chi connectivity index (χ0n) is 8.50. The van der Waals surface area contributed by atoms with Crippen molar-refractivity contribution in [3.05, 3.63) is 18.0 Å². The van der Waals surface area contributed by atoms with E-state index in [-0.39, 0.29) is 17.5 Å². The SMILES string of the molecule is CC(O)c1cnn(C2CCS(=O)(=O)C2)c1. The Balaban J connectivity index is 2.17. The van der Waals surface area contributed by atoms with Gasteiger partial charge in [0.05, 0.1) is 29.8 Å². The molecule has 1 N–H and O–H groups in total. The maximum Gasteiger partial charge on any atom is 0.152 e. The molecule has 1 aromatic heterocycles. The summed E-state index contributed by atoms with van der Waals surface area (Å²) in [7, 11) is -2.88. The molecule has 6 heteroatoms. The molecule has 0 spiro atoms. The number of nitrogens with zero attached hydrogens (tertiary/aromatic N) is 2. The zero-order valence-corrected chi connectivity index (χ0v) is 9.31. The normalized spacial score (nSPS) is 26.7. The summed E-state index contributed by atoms with van der Waals surface area (Å²) in [5.74, 6) is 0.398. The van der Waals surface area contributed by atoms with Crippen LogP contribution < -0.4 is 0 Å². The molecule has 1 aliphatic rings. The van der Waals surface area contributed by atoms with E-state index in [1.807, 2.05) is 0 Å². The first-order valence-corrected chi connectivity index (χ1v) is 6.72. The lowest BCUT2D eigenvalue weighted by Gasteiger charge is -2.07. The topological polar surface area (TPSA) is 72.2 Å². The first-order valence-electron chi connectivity index (χ1n) is 4.90. The summed E-state index contributed by atoms with van der Waals surface area (Å²) in [6.07, 6.45) is 3.35. The van der Waals surface area contributed by atoms with E-state index in [4.69, 9.17) is 0 Å². The van der Waals surface area contributed by atoms with Gasteiger partial charge in [-0.3, -0.25) is 4.68 Å². The van der Waals surface area contributed by atoms with Crippen LogP contribution in [0.25, 0.3) is 0 Å². The minimum atomic E-state index is -2.88. The molecule has 0 radical (unpaired) electrons. The van der Waals surface area contributed by atoms with E-state index < -0.39 is 15.9 Å². The van der Waals surface area contributed by atoms with Crippen molar-refractivity contribution in [1.82, 2.24) is 9.78 Å². The second kappa shape index (κ2) is 3.61. The van der Waals surface area contributed by atoms with Crippen molar-refractivity contribution in [3.8, 4) is 0 Å². The highest BCUT2D eigenvalue weighted by atomic mass is 32.2. The predicted molar refractivity (Wildman–Crippen MR) is 55.2 cm³/mol.